The monoisotopic (exact) mass is 427 g/mol. The average molecular weight is 427 g/mol. The highest BCUT2D eigenvalue weighted by Gasteiger charge is 2.21. The largest absolute Gasteiger partial charge is 0.288 e. The third-order valence-corrected chi connectivity index (χ3v) is 6.25. The Morgan fingerprint density at radius 2 is 1.60 bits per heavy atom. The lowest BCUT2D eigenvalue weighted by molar-refractivity contribution is -0.121. The predicted octanol–water partition coefficient (Wildman–Crippen LogP) is 2.03. The number of hydroxylamine groups is 1. The van der Waals surface area contributed by atoms with Gasteiger partial charge >= 0.3 is 0 Å². The zero-order valence-electron chi connectivity index (χ0n) is 16.5. The van der Waals surface area contributed by atoms with Crippen molar-refractivity contribution in [1.29, 1.82) is 0 Å². The van der Waals surface area contributed by atoms with E-state index in [1.807, 2.05) is 42.5 Å². The zero-order valence-corrected chi connectivity index (χ0v) is 17.3. The Morgan fingerprint density at radius 1 is 0.933 bits per heavy atom. The second-order valence-electron chi connectivity index (χ2n) is 6.44. The standard InChI is InChI=1S/C21H21N3O5S/c1-24(29-2)30(27,28)18-12-10-16(11-13-18)21(26)23-22-20(25)14-17-8-5-7-15-6-3-4-9-19(15)17/h3-13H,14H2,1-2H3,(H,22,25)(H,23,26). The number of carbonyl (C=O) groups excluding carboxylic acids is 2. The fourth-order valence-corrected chi connectivity index (χ4v) is 3.86. The smallest absolute Gasteiger partial charge is 0.269 e. The van der Waals surface area contributed by atoms with Gasteiger partial charge in [-0.15, -0.1) is 0 Å². The van der Waals surface area contributed by atoms with Gasteiger partial charge in [-0.25, -0.2) is 8.42 Å². The van der Waals surface area contributed by atoms with Crippen molar-refractivity contribution in [2.24, 2.45) is 0 Å². The van der Waals surface area contributed by atoms with Crippen LogP contribution in [0, 0.1) is 0 Å². The summed E-state index contributed by atoms with van der Waals surface area (Å²) in [5, 5.41) is 2.00. The van der Waals surface area contributed by atoms with E-state index in [0.29, 0.717) is 0 Å². The minimum Gasteiger partial charge on any atom is -0.288 e. The van der Waals surface area contributed by atoms with Crippen molar-refractivity contribution in [3.05, 3.63) is 77.9 Å². The lowest BCUT2D eigenvalue weighted by Crippen LogP contribution is -2.42. The predicted molar refractivity (Wildman–Crippen MR) is 112 cm³/mol. The first-order valence-electron chi connectivity index (χ1n) is 9.02. The van der Waals surface area contributed by atoms with Crippen molar-refractivity contribution in [2.75, 3.05) is 14.2 Å². The van der Waals surface area contributed by atoms with Gasteiger partial charge in [0.25, 0.3) is 15.9 Å². The number of hydrazine groups is 1. The van der Waals surface area contributed by atoms with E-state index in [9.17, 15) is 18.0 Å². The summed E-state index contributed by atoms with van der Waals surface area (Å²) in [5.74, 6) is -0.939. The zero-order chi connectivity index (χ0) is 21.7. The van der Waals surface area contributed by atoms with Crippen LogP contribution in [0.3, 0.4) is 0 Å². The number of fused-ring (bicyclic) bond motifs is 1. The maximum absolute atomic E-state index is 12.3. The molecule has 0 spiro atoms. The van der Waals surface area contributed by atoms with Crippen molar-refractivity contribution >= 4 is 32.6 Å². The molecule has 0 saturated heterocycles. The van der Waals surface area contributed by atoms with Crippen molar-refractivity contribution in [2.45, 2.75) is 11.3 Å². The van der Waals surface area contributed by atoms with Gasteiger partial charge in [0, 0.05) is 12.6 Å². The van der Waals surface area contributed by atoms with E-state index in [-0.39, 0.29) is 22.8 Å². The number of rotatable bonds is 6. The van der Waals surface area contributed by atoms with Crippen LogP contribution in [0.4, 0.5) is 0 Å². The molecule has 0 aliphatic heterocycles. The molecule has 9 heteroatoms. The Balaban J connectivity index is 1.62. The molecule has 3 aromatic carbocycles. The van der Waals surface area contributed by atoms with Crippen LogP contribution >= 0.6 is 0 Å². The number of sulfonamides is 1. The van der Waals surface area contributed by atoms with Crippen LogP contribution in [-0.4, -0.2) is 38.9 Å². The van der Waals surface area contributed by atoms with Crippen LogP contribution < -0.4 is 10.9 Å². The van der Waals surface area contributed by atoms with Crippen molar-refractivity contribution in [1.82, 2.24) is 15.3 Å². The average Bonchev–Trinajstić information content (AvgIpc) is 2.77. The highest BCUT2D eigenvalue weighted by molar-refractivity contribution is 7.89. The Morgan fingerprint density at radius 3 is 2.30 bits per heavy atom. The Labute approximate surface area is 174 Å². The lowest BCUT2D eigenvalue weighted by Gasteiger charge is -2.14. The number of benzene rings is 3. The van der Waals surface area contributed by atoms with Gasteiger partial charge in [0.2, 0.25) is 5.91 Å². The first-order valence-corrected chi connectivity index (χ1v) is 10.5. The summed E-state index contributed by atoms with van der Waals surface area (Å²) in [5.41, 5.74) is 5.76. The summed E-state index contributed by atoms with van der Waals surface area (Å²) in [6.07, 6.45) is 0.0994. The van der Waals surface area contributed by atoms with Gasteiger partial charge in [-0.3, -0.25) is 25.3 Å². The van der Waals surface area contributed by atoms with E-state index in [2.05, 4.69) is 10.9 Å². The quantitative estimate of drug-likeness (QED) is 0.586. The van der Waals surface area contributed by atoms with E-state index in [0.717, 1.165) is 20.8 Å². The number of hydrogen-bond donors (Lipinski definition) is 2. The molecular weight excluding hydrogens is 406 g/mol. The first kappa shape index (κ1) is 21.4. The molecular formula is C21H21N3O5S. The maximum Gasteiger partial charge on any atom is 0.269 e. The molecule has 3 aromatic rings. The molecule has 0 saturated carbocycles. The topological polar surface area (TPSA) is 105 Å². The summed E-state index contributed by atoms with van der Waals surface area (Å²) < 4.78 is 25.1. The van der Waals surface area contributed by atoms with Crippen LogP contribution in [-0.2, 0) is 26.1 Å². The minimum atomic E-state index is -3.80. The lowest BCUT2D eigenvalue weighted by atomic mass is 10.0. The third-order valence-electron chi connectivity index (χ3n) is 4.56. The fourth-order valence-electron chi connectivity index (χ4n) is 2.89. The molecule has 0 heterocycles. The normalized spacial score (nSPS) is 11.4. The highest BCUT2D eigenvalue weighted by Crippen LogP contribution is 2.19. The molecule has 0 aliphatic rings. The fraction of sp³-hybridized carbons (Fsp3) is 0.143. The van der Waals surface area contributed by atoms with Crippen LogP contribution in [0.1, 0.15) is 15.9 Å². The molecule has 0 bridgehead atoms. The van der Waals surface area contributed by atoms with E-state index in [1.165, 1.54) is 38.4 Å². The van der Waals surface area contributed by atoms with E-state index >= 15 is 0 Å². The summed E-state index contributed by atoms with van der Waals surface area (Å²) >= 11 is 0. The second kappa shape index (κ2) is 9.04. The van der Waals surface area contributed by atoms with Gasteiger partial charge in [0.1, 0.15) is 0 Å². The molecule has 8 nitrogen and oxygen atoms in total. The molecule has 156 valence electrons. The van der Waals surface area contributed by atoms with E-state index in [4.69, 9.17) is 4.84 Å². The third kappa shape index (κ3) is 4.65. The van der Waals surface area contributed by atoms with Crippen LogP contribution in [0.2, 0.25) is 0 Å². The van der Waals surface area contributed by atoms with Crippen LogP contribution in [0.15, 0.2) is 71.6 Å². The number of nitrogens with one attached hydrogen (secondary N) is 2. The van der Waals surface area contributed by atoms with Gasteiger partial charge < -0.3 is 0 Å². The van der Waals surface area contributed by atoms with E-state index < -0.39 is 15.9 Å². The summed E-state index contributed by atoms with van der Waals surface area (Å²) in [6.45, 7) is 0. The van der Waals surface area contributed by atoms with Gasteiger partial charge in [-0.1, -0.05) is 46.9 Å². The SMILES string of the molecule is CON(C)S(=O)(=O)c1ccc(C(=O)NNC(=O)Cc2cccc3ccccc23)cc1. The molecule has 0 aliphatic carbocycles. The molecule has 3 rings (SSSR count). The first-order chi connectivity index (χ1) is 14.3. The molecule has 0 atom stereocenters. The molecule has 2 amide bonds. The van der Waals surface area contributed by atoms with Crippen molar-refractivity contribution in [3.8, 4) is 0 Å². The molecule has 0 unspecified atom stereocenters. The summed E-state index contributed by atoms with van der Waals surface area (Å²) in [7, 11) is -1.30. The summed E-state index contributed by atoms with van der Waals surface area (Å²) in [6, 6.07) is 18.7. The van der Waals surface area contributed by atoms with Gasteiger partial charge in [-0.2, -0.15) is 0 Å². The maximum atomic E-state index is 12.3. The van der Waals surface area contributed by atoms with Gasteiger partial charge in [-0.05, 0) is 40.6 Å². The summed E-state index contributed by atoms with van der Waals surface area (Å²) in [4.78, 5) is 29.2. The number of hydrogen-bond acceptors (Lipinski definition) is 5. The Hall–Kier alpha value is -3.27. The number of carbonyl (C=O) groups is 2. The van der Waals surface area contributed by atoms with Crippen LogP contribution in [0.5, 0.6) is 0 Å². The Kier molecular flexibility index (Phi) is 6.46. The van der Waals surface area contributed by atoms with Gasteiger partial charge in [0.15, 0.2) is 0 Å². The minimum absolute atomic E-state index is 0.0246. The molecule has 0 fully saturated rings. The molecule has 0 aromatic heterocycles. The second-order valence-corrected chi connectivity index (χ2v) is 8.37. The molecule has 30 heavy (non-hydrogen) atoms. The Bertz CT molecular complexity index is 1170. The van der Waals surface area contributed by atoms with Gasteiger partial charge in [0.05, 0.1) is 18.4 Å². The van der Waals surface area contributed by atoms with Crippen molar-refractivity contribution < 1.29 is 22.8 Å². The van der Waals surface area contributed by atoms with Crippen LogP contribution in [0.25, 0.3) is 10.8 Å². The molecule has 0 radical (unpaired) electrons. The van der Waals surface area contributed by atoms with E-state index in [1.54, 1.807) is 0 Å². The highest BCUT2D eigenvalue weighted by atomic mass is 32.2. The van der Waals surface area contributed by atoms with Crippen molar-refractivity contribution in [3.63, 3.8) is 0 Å². The number of amides is 2. The molecule has 2 N–H and O–H groups in total. The number of nitrogens with zero attached hydrogens (tertiary/aromatic N) is 1.